The van der Waals surface area contributed by atoms with Crippen LogP contribution >= 0.6 is 11.6 Å². The summed E-state index contributed by atoms with van der Waals surface area (Å²) in [4.78, 5) is 12.3. The molecule has 0 unspecified atom stereocenters. The number of halogens is 1. The summed E-state index contributed by atoms with van der Waals surface area (Å²) in [5, 5.41) is 3.23. The first-order chi connectivity index (χ1) is 16.3. The van der Waals surface area contributed by atoms with E-state index in [9.17, 15) is 13.2 Å². The summed E-state index contributed by atoms with van der Waals surface area (Å²) in [6.07, 6.45) is 1.14. The zero-order valence-corrected chi connectivity index (χ0v) is 19.9. The number of hydrogen-bond donors (Lipinski definition) is 1. The van der Waals surface area contributed by atoms with Gasteiger partial charge in [-0.15, -0.1) is 0 Å². The maximum Gasteiger partial charge on any atom is 0.262 e. The Morgan fingerprint density at radius 3 is 2.44 bits per heavy atom. The molecule has 1 N–H and O–H groups in total. The minimum atomic E-state index is -3.56. The average molecular weight is 503 g/mol. The summed E-state index contributed by atoms with van der Waals surface area (Å²) in [6, 6.07) is 18.7. The number of anilines is 2. The van der Waals surface area contributed by atoms with Crippen molar-refractivity contribution in [1.29, 1.82) is 0 Å². The van der Waals surface area contributed by atoms with E-state index in [0.717, 1.165) is 6.26 Å². The second-order valence-electron chi connectivity index (χ2n) is 7.55. The van der Waals surface area contributed by atoms with E-state index in [1.807, 2.05) is 0 Å². The van der Waals surface area contributed by atoms with Gasteiger partial charge in [0.25, 0.3) is 5.91 Å². The Balaban J connectivity index is 1.37. The number of benzene rings is 3. The van der Waals surface area contributed by atoms with Crippen LogP contribution in [0, 0.1) is 0 Å². The van der Waals surface area contributed by atoms with Crippen LogP contribution in [0.3, 0.4) is 0 Å². The quantitative estimate of drug-likeness (QED) is 0.498. The fourth-order valence-electron chi connectivity index (χ4n) is 3.36. The van der Waals surface area contributed by atoms with Gasteiger partial charge in [-0.3, -0.25) is 9.10 Å². The van der Waals surface area contributed by atoms with E-state index in [0.29, 0.717) is 52.4 Å². The van der Waals surface area contributed by atoms with E-state index < -0.39 is 10.0 Å². The lowest BCUT2D eigenvalue weighted by Crippen LogP contribution is -2.29. The first-order valence-electron chi connectivity index (χ1n) is 10.4. The smallest absolute Gasteiger partial charge is 0.262 e. The fraction of sp³-hybridized carbons (Fsp3) is 0.208. The molecule has 0 aliphatic carbocycles. The van der Waals surface area contributed by atoms with Gasteiger partial charge < -0.3 is 19.5 Å². The van der Waals surface area contributed by atoms with Gasteiger partial charge in [0.15, 0.2) is 18.1 Å². The number of sulfonamides is 1. The Hall–Kier alpha value is -3.43. The molecule has 0 radical (unpaired) electrons. The minimum absolute atomic E-state index is 0.0939. The molecule has 8 nitrogen and oxygen atoms in total. The molecule has 0 spiro atoms. The highest BCUT2D eigenvalue weighted by atomic mass is 35.5. The predicted octanol–water partition coefficient (Wildman–Crippen LogP) is 4.09. The third-order valence-corrected chi connectivity index (χ3v) is 6.50. The van der Waals surface area contributed by atoms with Crippen LogP contribution in [-0.2, 0) is 21.4 Å². The van der Waals surface area contributed by atoms with Crippen LogP contribution < -0.4 is 23.8 Å². The number of ether oxygens (including phenoxy) is 3. The fourth-order valence-corrected chi connectivity index (χ4v) is 4.43. The van der Waals surface area contributed by atoms with Gasteiger partial charge in [0.1, 0.15) is 19.0 Å². The molecule has 34 heavy (non-hydrogen) atoms. The third kappa shape index (κ3) is 5.92. The molecule has 0 saturated carbocycles. The van der Waals surface area contributed by atoms with Crippen LogP contribution in [0.25, 0.3) is 0 Å². The molecule has 178 valence electrons. The summed E-state index contributed by atoms with van der Waals surface area (Å²) in [5.41, 5.74) is 1.71. The maximum atomic E-state index is 12.4. The van der Waals surface area contributed by atoms with Gasteiger partial charge in [-0.2, -0.15) is 0 Å². The van der Waals surface area contributed by atoms with Gasteiger partial charge in [0, 0.05) is 16.8 Å². The van der Waals surface area contributed by atoms with Gasteiger partial charge in [-0.05, 0) is 48.0 Å². The van der Waals surface area contributed by atoms with Crippen molar-refractivity contribution < 1.29 is 27.4 Å². The molecular formula is C24H23ClN2O6S. The number of carbonyl (C=O) groups is 1. The minimum Gasteiger partial charge on any atom is -0.486 e. The van der Waals surface area contributed by atoms with E-state index in [1.165, 1.54) is 4.31 Å². The highest BCUT2D eigenvalue weighted by molar-refractivity contribution is 7.92. The maximum absolute atomic E-state index is 12.4. The van der Waals surface area contributed by atoms with Gasteiger partial charge in [0.2, 0.25) is 10.0 Å². The molecule has 0 aromatic heterocycles. The van der Waals surface area contributed by atoms with Crippen LogP contribution in [0.4, 0.5) is 11.4 Å². The summed E-state index contributed by atoms with van der Waals surface area (Å²) < 4.78 is 42.6. The van der Waals surface area contributed by atoms with Crippen molar-refractivity contribution >= 4 is 38.9 Å². The van der Waals surface area contributed by atoms with Gasteiger partial charge in [0.05, 0.1) is 18.5 Å². The Bertz CT molecular complexity index is 1280. The second kappa shape index (κ2) is 10.2. The number of nitrogens with one attached hydrogen (secondary N) is 1. The topological polar surface area (TPSA) is 94.2 Å². The van der Waals surface area contributed by atoms with E-state index >= 15 is 0 Å². The number of amides is 1. The summed E-state index contributed by atoms with van der Waals surface area (Å²) in [6.45, 7) is 0.825. The molecule has 3 aromatic rings. The van der Waals surface area contributed by atoms with Crippen molar-refractivity contribution in [3.8, 4) is 17.2 Å². The lowest BCUT2D eigenvalue weighted by atomic mass is 10.2. The number of hydrogen-bond acceptors (Lipinski definition) is 6. The van der Waals surface area contributed by atoms with E-state index in [1.54, 1.807) is 66.7 Å². The Labute approximate surface area is 203 Å². The Morgan fingerprint density at radius 2 is 1.74 bits per heavy atom. The standard InChI is InChI=1S/C24H23ClN2O6S/c1-34(29,30)27(15-17-4-2-3-5-21(17)25)19-7-9-20(10-8-19)33-16-24(28)26-18-6-11-22-23(14-18)32-13-12-31-22/h2-11,14H,12-13,15-16H2,1H3,(H,26,28). The van der Waals surface area contributed by atoms with Gasteiger partial charge >= 0.3 is 0 Å². The summed E-state index contributed by atoms with van der Waals surface area (Å²) >= 11 is 6.20. The molecule has 0 atom stereocenters. The molecule has 4 rings (SSSR count). The second-order valence-corrected chi connectivity index (χ2v) is 9.86. The molecule has 3 aromatic carbocycles. The predicted molar refractivity (Wildman–Crippen MR) is 130 cm³/mol. The summed E-state index contributed by atoms with van der Waals surface area (Å²) in [5.74, 6) is 1.29. The molecule has 0 bridgehead atoms. The van der Waals surface area contributed by atoms with Crippen molar-refractivity contribution in [3.05, 3.63) is 77.3 Å². The largest absolute Gasteiger partial charge is 0.486 e. The first kappa shape index (κ1) is 23.7. The van der Waals surface area contributed by atoms with Crippen LogP contribution in [0.1, 0.15) is 5.56 Å². The normalized spacial score (nSPS) is 12.6. The average Bonchev–Trinajstić information content (AvgIpc) is 2.82. The number of carbonyl (C=O) groups excluding carboxylic acids is 1. The summed E-state index contributed by atoms with van der Waals surface area (Å²) in [7, 11) is -3.56. The van der Waals surface area contributed by atoms with Crippen LogP contribution in [0.5, 0.6) is 17.2 Å². The lowest BCUT2D eigenvalue weighted by molar-refractivity contribution is -0.118. The van der Waals surface area contributed by atoms with Crippen molar-refractivity contribution in [2.24, 2.45) is 0 Å². The van der Waals surface area contributed by atoms with E-state index in [4.69, 9.17) is 25.8 Å². The molecule has 0 fully saturated rings. The molecule has 1 amide bonds. The third-order valence-electron chi connectivity index (χ3n) is 4.99. The number of nitrogens with zero attached hydrogens (tertiary/aromatic N) is 1. The van der Waals surface area contributed by atoms with Crippen LogP contribution in [-0.4, -0.2) is 40.4 Å². The van der Waals surface area contributed by atoms with Crippen LogP contribution in [0.2, 0.25) is 5.02 Å². The van der Waals surface area contributed by atoms with E-state index in [-0.39, 0.29) is 19.1 Å². The van der Waals surface area contributed by atoms with Crippen LogP contribution in [0.15, 0.2) is 66.7 Å². The van der Waals surface area contributed by atoms with Gasteiger partial charge in [-0.25, -0.2) is 8.42 Å². The zero-order chi connectivity index (χ0) is 24.1. The van der Waals surface area contributed by atoms with Crippen molar-refractivity contribution in [2.45, 2.75) is 6.54 Å². The van der Waals surface area contributed by atoms with Gasteiger partial charge in [-0.1, -0.05) is 29.8 Å². The van der Waals surface area contributed by atoms with Crippen molar-refractivity contribution in [2.75, 3.05) is 35.7 Å². The molecule has 0 saturated heterocycles. The van der Waals surface area contributed by atoms with Crippen molar-refractivity contribution in [3.63, 3.8) is 0 Å². The molecular weight excluding hydrogens is 480 g/mol. The Kier molecular flexibility index (Phi) is 7.14. The lowest BCUT2D eigenvalue weighted by Gasteiger charge is -2.23. The Morgan fingerprint density at radius 1 is 1.03 bits per heavy atom. The molecule has 1 heterocycles. The molecule has 10 heteroatoms. The highest BCUT2D eigenvalue weighted by Crippen LogP contribution is 2.32. The first-order valence-corrected chi connectivity index (χ1v) is 12.7. The molecule has 1 aliphatic rings. The van der Waals surface area contributed by atoms with Crippen molar-refractivity contribution in [1.82, 2.24) is 0 Å². The SMILES string of the molecule is CS(=O)(=O)N(Cc1ccccc1Cl)c1ccc(OCC(=O)Nc2ccc3c(c2)OCCO3)cc1. The zero-order valence-electron chi connectivity index (χ0n) is 18.4. The number of fused-ring (bicyclic) bond motifs is 1. The molecule has 1 aliphatic heterocycles. The highest BCUT2D eigenvalue weighted by Gasteiger charge is 2.19. The van der Waals surface area contributed by atoms with E-state index in [2.05, 4.69) is 5.32 Å². The number of rotatable bonds is 8. The monoisotopic (exact) mass is 502 g/mol.